The fourth-order valence-electron chi connectivity index (χ4n) is 2.05. The van der Waals surface area contributed by atoms with Crippen molar-refractivity contribution in [2.75, 3.05) is 43.4 Å². The maximum absolute atomic E-state index is 5.91. The van der Waals surface area contributed by atoms with Crippen molar-refractivity contribution in [3.8, 4) is 0 Å². The molecule has 108 valence electrons. The van der Waals surface area contributed by atoms with Crippen LogP contribution in [0.3, 0.4) is 0 Å². The predicted molar refractivity (Wildman–Crippen MR) is 81.7 cm³/mol. The monoisotopic (exact) mass is 285 g/mol. The van der Waals surface area contributed by atoms with Crippen LogP contribution >= 0.6 is 11.6 Å². The quantitative estimate of drug-likeness (QED) is 0.743. The second-order valence-electron chi connectivity index (χ2n) is 4.38. The van der Waals surface area contributed by atoms with Crippen molar-refractivity contribution in [1.82, 2.24) is 14.9 Å². The Hall–Kier alpha value is -1.07. The zero-order valence-electron chi connectivity index (χ0n) is 12.1. The van der Waals surface area contributed by atoms with E-state index in [0.717, 1.165) is 45.0 Å². The van der Waals surface area contributed by atoms with Gasteiger partial charge in [0.15, 0.2) is 5.82 Å². The molecule has 1 heterocycles. The minimum absolute atomic E-state index is 0.242. The highest BCUT2D eigenvalue weighted by molar-refractivity contribution is 6.28. The van der Waals surface area contributed by atoms with Crippen LogP contribution in [-0.4, -0.2) is 47.6 Å². The van der Waals surface area contributed by atoms with E-state index >= 15 is 0 Å². The van der Waals surface area contributed by atoms with Crippen LogP contribution in [0.15, 0.2) is 6.20 Å². The molecule has 1 rings (SSSR count). The molecule has 0 spiro atoms. The van der Waals surface area contributed by atoms with Crippen molar-refractivity contribution in [3.05, 3.63) is 11.5 Å². The Morgan fingerprint density at radius 2 is 1.84 bits per heavy atom. The van der Waals surface area contributed by atoms with Crippen LogP contribution in [0.2, 0.25) is 5.28 Å². The zero-order valence-corrected chi connectivity index (χ0v) is 12.8. The summed E-state index contributed by atoms with van der Waals surface area (Å²) >= 11 is 5.83. The Balaban J connectivity index is 2.60. The molecule has 0 atom stereocenters. The van der Waals surface area contributed by atoms with Crippen LogP contribution in [0.5, 0.6) is 0 Å². The number of nitrogens with two attached hydrogens (primary N) is 1. The summed E-state index contributed by atoms with van der Waals surface area (Å²) in [7, 11) is 0. The molecule has 0 saturated carbocycles. The first-order valence-electron chi connectivity index (χ1n) is 6.87. The van der Waals surface area contributed by atoms with Gasteiger partial charge >= 0.3 is 0 Å². The zero-order chi connectivity index (χ0) is 14.3. The molecule has 0 amide bonds. The lowest BCUT2D eigenvalue weighted by Gasteiger charge is -2.25. The highest BCUT2D eigenvalue weighted by Gasteiger charge is 2.11. The van der Waals surface area contributed by atoms with Gasteiger partial charge in [0, 0.05) is 13.1 Å². The molecule has 0 saturated heterocycles. The molecule has 0 aliphatic carbocycles. The Labute approximate surface area is 120 Å². The third kappa shape index (κ3) is 4.84. The van der Waals surface area contributed by atoms with Gasteiger partial charge in [-0.15, -0.1) is 0 Å². The summed E-state index contributed by atoms with van der Waals surface area (Å²) in [5.41, 5.74) is 6.49. The van der Waals surface area contributed by atoms with Crippen molar-refractivity contribution >= 4 is 23.1 Å². The predicted octanol–water partition coefficient (Wildman–Crippen LogP) is 2.27. The van der Waals surface area contributed by atoms with E-state index in [0.29, 0.717) is 5.69 Å². The summed E-state index contributed by atoms with van der Waals surface area (Å²) in [5.74, 6) is 0.738. The second kappa shape index (κ2) is 8.17. The van der Waals surface area contributed by atoms with Crippen LogP contribution in [0, 0.1) is 0 Å². The number of hydrogen-bond donors (Lipinski definition) is 1. The maximum Gasteiger partial charge on any atom is 0.224 e. The minimum atomic E-state index is 0.242. The largest absolute Gasteiger partial charge is 0.394 e. The van der Waals surface area contributed by atoms with Crippen LogP contribution in [0.4, 0.5) is 11.5 Å². The fourth-order valence-corrected chi connectivity index (χ4v) is 2.18. The van der Waals surface area contributed by atoms with Gasteiger partial charge in [-0.25, -0.2) is 4.98 Å². The third-order valence-electron chi connectivity index (χ3n) is 3.24. The van der Waals surface area contributed by atoms with E-state index in [2.05, 4.69) is 40.5 Å². The van der Waals surface area contributed by atoms with E-state index in [1.807, 2.05) is 0 Å². The molecule has 0 bridgehead atoms. The molecule has 1 aromatic heterocycles. The number of halogens is 1. The van der Waals surface area contributed by atoms with Crippen molar-refractivity contribution in [2.45, 2.75) is 27.2 Å². The summed E-state index contributed by atoms with van der Waals surface area (Å²) in [4.78, 5) is 12.7. The second-order valence-corrected chi connectivity index (χ2v) is 4.72. The topological polar surface area (TPSA) is 58.3 Å². The van der Waals surface area contributed by atoms with Gasteiger partial charge < -0.3 is 15.5 Å². The lowest BCUT2D eigenvalue weighted by Crippen LogP contribution is -2.31. The molecule has 19 heavy (non-hydrogen) atoms. The number of aromatic nitrogens is 2. The molecule has 0 aliphatic rings. The Kier molecular flexibility index (Phi) is 6.87. The van der Waals surface area contributed by atoms with Crippen molar-refractivity contribution in [2.24, 2.45) is 0 Å². The van der Waals surface area contributed by atoms with Crippen molar-refractivity contribution in [1.29, 1.82) is 0 Å². The van der Waals surface area contributed by atoms with Crippen molar-refractivity contribution < 1.29 is 0 Å². The molecule has 0 aliphatic heterocycles. The summed E-state index contributed by atoms with van der Waals surface area (Å²) in [6, 6.07) is 0. The van der Waals surface area contributed by atoms with Gasteiger partial charge in [-0.3, -0.25) is 0 Å². The van der Waals surface area contributed by atoms with E-state index < -0.39 is 0 Å². The highest BCUT2D eigenvalue weighted by Crippen LogP contribution is 2.20. The third-order valence-corrected chi connectivity index (χ3v) is 3.43. The molecule has 5 nitrogen and oxygen atoms in total. The first kappa shape index (κ1) is 16.0. The Bertz CT molecular complexity index is 381. The van der Waals surface area contributed by atoms with Crippen LogP contribution in [0.25, 0.3) is 0 Å². The molecule has 6 heteroatoms. The molecule has 1 aromatic rings. The lowest BCUT2D eigenvalue weighted by atomic mass is 10.3. The first-order valence-corrected chi connectivity index (χ1v) is 7.25. The normalized spacial score (nSPS) is 11.0. The summed E-state index contributed by atoms with van der Waals surface area (Å²) in [6.07, 6.45) is 2.65. The number of anilines is 2. The Morgan fingerprint density at radius 1 is 1.16 bits per heavy atom. The maximum atomic E-state index is 5.91. The molecular formula is C13H24ClN5. The van der Waals surface area contributed by atoms with Gasteiger partial charge in [-0.05, 0) is 44.6 Å². The molecule has 0 radical (unpaired) electrons. The van der Waals surface area contributed by atoms with Crippen LogP contribution in [0.1, 0.15) is 27.2 Å². The van der Waals surface area contributed by atoms with Gasteiger partial charge in [-0.2, -0.15) is 4.98 Å². The van der Waals surface area contributed by atoms with Gasteiger partial charge in [0.1, 0.15) is 0 Å². The Morgan fingerprint density at radius 3 is 2.42 bits per heavy atom. The summed E-state index contributed by atoms with van der Waals surface area (Å²) < 4.78 is 0. The van der Waals surface area contributed by atoms with Crippen LogP contribution in [-0.2, 0) is 0 Å². The molecule has 0 unspecified atom stereocenters. The summed E-state index contributed by atoms with van der Waals surface area (Å²) in [6.45, 7) is 11.5. The van der Waals surface area contributed by atoms with Gasteiger partial charge in [0.25, 0.3) is 0 Å². The first-order chi connectivity index (χ1) is 9.12. The van der Waals surface area contributed by atoms with Crippen LogP contribution < -0.4 is 10.6 Å². The fraction of sp³-hybridized carbons (Fsp3) is 0.692. The van der Waals surface area contributed by atoms with E-state index in [1.165, 1.54) is 0 Å². The number of hydrogen-bond acceptors (Lipinski definition) is 5. The molecule has 2 N–H and O–H groups in total. The number of nitrogens with zero attached hydrogens (tertiary/aromatic N) is 4. The molecule has 0 fully saturated rings. The number of nitrogen functional groups attached to an aromatic ring is 1. The SMILES string of the molecule is CCN(CC)CCCN(CC)c1nc(Cl)ncc1N. The average molecular weight is 286 g/mol. The van der Waals surface area contributed by atoms with Gasteiger partial charge in [-0.1, -0.05) is 13.8 Å². The summed E-state index contributed by atoms with van der Waals surface area (Å²) in [5, 5.41) is 0.242. The average Bonchev–Trinajstić information content (AvgIpc) is 2.42. The van der Waals surface area contributed by atoms with E-state index in [1.54, 1.807) is 6.20 Å². The van der Waals surface area contributed by atoms with E-state index in [9.17, 15) is 0 Å². The van der Waals surface area contributed by atoms with E-state index in [4.69, 9.17) is 17.3 Å². The smallest absolute Gasteiger partial charge is 0.224 e. The lowest BCUT2D eigenvalue weighted by molar-refractivity contribution is 0.300. The van der Waals surface area contributed by atoms with E-state index in [-0.39, 0.29) is 5.28 Å². The molecule has 0 aromatic carbocycles. The van der Waals surface area contributed by atoms with Crippen molar-refractivity contribution in [3.63, 3.8) is 0 Å². The molecular weight excluding hydrogens is 262 g/mol. The minimum Gasteiger partial charge on any atom is -0.394 e. The highest BCUT2D eigenvalue weighted by atomic mass is 35.5. The standard InChI is InChI=1S/C13H24ClN5/c1-4-18(5-2)8-7-9-19(6-3)12-11(15)10-16-13(14)17-12/h10H,4-9,15H2,1-3H3. The van der Waals surface area contributed by atoms with Gasteiger partial charge in [0.05, 0.1) is 11.9 Å². The number of rotatable bonds is 8. The van der Waals surface area contributed by atoms with Gasteiger partial charge in [0.2, 0.25) is 5.28 Å².